The molecule has 1 rings (SSSR count). The van der Waals surface area contributed by atoms with Gasteiger partial charge in [-0.1, -0.05) is 45.4 Å². The fourth-order valence-electron chi connectivity index (χ4n) is 2.49. The van der Waals surface area contributed by atoms with E-state index in [4.69, 9.17) is 14.6 Å². The molecule has 2 N–H and O–H groups in total. The summed E-state index contributed by atoms with van der Waals surface area (Å²) in [5.41, 5.74) is 0. The number of aliphatic hydroxyl groups excluding tert-OH is 2. The molecule has 0 spiro atoms. The van der Waals surface area contributed by atoms with Gasteiger partial charge in [-0.15, -0.1) is 0 Å². The first-order valence-corrected chi connectivity index (χ1v) is 7.72. The SMILES string of the molecule is CCCCCCCCCC1(C)OCC(C(O)CO)O1. The van der Waals surface area contributed by atoms with E-state index in [2.05, 4.69) is 6.92 Å². The van der Waals surface area contributed by atoms with Crippen LogP contribution in [0.5, 0.6) is 0 Å². The molecule has 114 valence electrons. The Hall–Kier alpha value is -0.160. The van der Waals surface area contributed by atoms with Gasteiger partial charge in [0, 0.05) is 6.42 Å². The van der Waals surface area contributed by atoms with Gasteiger partial charge < -0.3 is 19.7 Å². The minimum atomic E-state index is -0.837. The lowest BCUT2D eigenvalue weighted by atomic mass is 10.1. The van der Waals surface area contributed by atoms with Crippen molar-refractivity contribution in [2.24, 2.45) is 0 Å². The molecule has 0 aromatic rings. The van der Waals surface area contributed by atoms with Crippen molar-refractivity contribution in [1.29, 1.82) is 0 Å². The van der Waals surface area contributed by atoms with Crippen molar-refractivity contribution in [3.8, 4) is 0 Å². The van der Waals surface area contributed by atoms with Crippen LogP contribution in [0.15, 0.2) is 0 Å². The van der Waals surface area contributed by atoms with Crippen LogP contribution in [0.4, 0.5) is 0 Å². The fourth-order valence-corrected chi connectivity index (χ4v) is 2.49. The Morgan fingerprint density at radius 2 is 1.79 bits per heavy atom. The van der Waals surface area contributed by atoms with E-state index in [0.717, 1.165) is 12.8 Å². The molecule has 1 aliphatic rings. The fraction of sp³-hybridized carbons (Fsp3) is 1.00. The van der Waals surface area contributed by atoms with Crippen LogP contribution in [0, 0.1) is 0 Å². The molecule has 0 aliphatic carbocycles. The molecule has 3 unspecified atom stereocenters. The molecule has 0 saturated carbocycles. The van der Waals surface area contributed by atoms with E-state index in [9.17, 15) is 5.11 Å². The van der Waals surface area contributed by atoms with Gasteiger partial charge in [-0.05, 0) is 13.3 Å². The molecule has 1 fully saturated rings. The smallest absolute Gasteiger partial charge is 0.166 e. The number of aliphatic hydroxyl groups is 2. The normalized spacial score (nSPS) is 28.7. The van der Waals surface area contributed by atoms with Crippen LogP contribution in [0.3, 0.4) is 0 Å². The van der Waals surface area contributed by atoms with Crippen molar-refractivity contribution >= 4 is 0 Å². The zero-order chi connectivity index (χ0) is 14.1. The van der Waals surface area contributed by atoms with Crippen molar-refractivity contribution in [3.63, 3.8) is 0 Å². The first-order valence-electron chi connectivity index (χ1n) is 7.72. The zero-order valence-corrected chi connectivity index (χ0v) is 12.4. The predicted molar refractivity (Wildman–Crippen MR) is 74.9 cm³/mol. The Bertz CT molecular complexity index is 234. The van der Waals surface area contributed by atoms with E-state index in [1.165, 1.54) is 38.5 Å². The maximum absolute atomic E-state index is 9.53. The monoisotopic (exact) mass is 274 g/mol. The molecule has 3 atom stereocenters. The van der Waals surface area contributed by atoms with Gasteiger partial charge in [0.1, 0.15) is 12.2 Å². The first kappa shape index (κ1) is 16.9. The average molecular weight is 274 g/mol. The molecule has 4 heteroatoms. The third-order valence-corrected chi connectivity index (χ3v) is 3.80. The van der Waals surface area contributed by atoms with Gasteiger partial charge in [0.25, 0.3) is 0 Å². The molecular formula is C15H30O4. The summed E-state index contributed by atoms with van der Waals surface area (Å²) < 4.78 is 11.3. The van der Waals surface area contributed by atoms with Crippen molar-refractivity contribution in [2.75, 3.05) is 13.2 Å². The van der Waals surface area contributed by atoms with Crippen LogP contribution in [0.25, 0.3) is 0 Å². The minimum absolute atomic E-state index is 0.276. The van der Waals surface area contributed by atoms with Gasteiger partial charge in [0.05, 0.1) is 13.2 Å². The highest BCUT2D eigenvalue weighted by atomic mass is 16.7. The van der Waals surface area contributed by atoms with E-state index in [-0.39, 0.29) is 12.7 Å². The lowest BCUT2D eigenvalue weighted by molar-refractivity contribution is -0.172. The topological polar surface area (TPSA) is 58.9 Å². The van der Waals surface area contributed by atoms with Crippen LogP contribution in [-0.4, -0.2) is 41.4 Å². The summed E-state index contributed by atoms with van der Waals surface area (Å²) in [6.07, 6.45) is 8.48. The Kier molecular flexibility index (Phi) is 7.91. The highest BCUT2D eigenvalue weighted by Gasteiger charge is 2.39. The molecule has 0 amide bonds. The van der Waals surface area contributed by atoms with E-state index in [1.54, 1.807) is 0 Å². The largest absolute Gasteiger partial charge is 0.394 e. The second-order valence-electron chi connectivity index (χ2n) is 5.72. The van der Waals surface area contributed by atoms with Crippen molar-refractivity contribution in [1.82, 2.24) is 0 Å². The summed E-state index contributed by atoms with van der Waals surface area (Å²) in [4.78, 5) is 0. The summed E-state index contributed by atoms with van der Waals surface area (Å²) in [6.45, 7) is 4.25. The number of ether oxygens (including phenoxy) is 2. The number of unbranched alkanes of at least 4 members (excludes halogenated alkanes) is 6. The summed E-state index contributed by atoms with van der Waals surface area (Å²) in [5.74, 6) is -0.579. The van der Waals surface area contributed by atoms with Crippen molar-refractivity contribution < 1.29 is 19.7 Å². The highest BCUT2D eigenvalue weighted by molar-refractivity contribution is 4.79. The summed E-state index contributed by atoms with van der Waals surface area (Å²) >= 11 is 0. The maximum atomic E-state index is 9.53. The van der Waals surface area contributed by atoms with Gasteiger partial charge in [0.15, 0.2) is 5.79 Å². The third-order valence-electron chi connectivity index (χ3n) is 3.80. The summed E-state index contributed by atoms with van der Waals surface area (Å²) in [7, 11) is 0. The maximum Gasteiger partial charge on any atom is 0.166 e. The highest BCUT2D eigenvalue weighted by Crippen LogP contribution is 2.30. The van der Waals surface area contributed by atoms with Crippen LogP contribution < -0.4 is 0 Å². The number of hydrogen-bond donors (Lipinski definition) is 2. The average Bonchev–Trinajstić information content (AvgIpc) is 2.80. The Balaban J connectivity index is 2.09. The Morgan fingerprint density at radius 3 is 2.42 bits per heavy atom. The van der Waals surface area contributed by atoms with Crippen LogP contribution in [0.1, 0.15) is 65.2 Å². The van der Waals surface area contributed by atoms with Crippen LogP contribution >= 0.6 is 0 Å². The number of hydrogen-bond acceptors (Lipinski definition) is 4. The van der Waals surface area contributed by atoms with Gasteiger partial charge in [0.2, 0.25) is 0 Å². The van der Waals surface area contributed by atoms with E-state index in [0.29, 0.717) is 6.61 Å². The van der Waals surface area contributed by atoms with Gasteiger partial charge >= 0.3 is 0 Å². The Morgan fingerprint density at radius 1 is 1.16 bits per heavy atom. The Labute approximate surface area is 117 Å². The van der Waals surface area contributed by atoms with Crippen molar-refractivity contribution in [3.05, 3.63) is 0 Å². The third kappa shape index (κ3) is 6.21. The van der Waals surface area contributed by atoms with Crippen LogP contribution in [-0.2, 0) is 9.47 Å². The molecule has 1 aliphatic heterocycles. The standard InChI is InChI=1S/C15H30O4/c1-3-4-5-6-7-8-9-10-15(2)18-12-14(19-15)13(17)11-16/h13-14,16-17H,3-12H2,1-2H3. The first-order chi connectivity index (χ1) is 9.11. The minimum Gasteiger partial charge on any atom is -0.394 e. The number of rotatable bonds is 10. The molecule has 4 nitrogen and oxygen atoms in total. The second-order valence-corrected chi connectivity index (χ2v) is 5.72. The zero-order valence-electron chi connectivity index (χ0n) is 12.4. The van der Waals surface area contributed by atoms with Gasteiger partial charge in [-0.25, -0.2) is 0 Å². The predicted octanol–water partition coefficient (Wildman–Crippen LogP) is 2.61. The molecule has 1 heterocycles. The summed E-state index contributed by atoms with van der Waals surface area (Å²) in [5, 5.41) is 18.4. The molecule has 0 bridgehead atoms. The van der Waals surface area contributed by atoms with E-state index < -0.39 is 11.9 Å². The molecule has 0 radical (unpaired) electrons. The second kappa shape index (κ2) is 8.90. The lowest BCUT2D eigenvalue weighted by Gasteiger charge is -2.24. The quantitative estimate of drug-likeness (QED) is 0.601. The molecular weight excluding hydrogens is 244 g/mol. The molecule has 0 aromatic carbocycles. The van der Waals surface area contributed by atoms with E-state index >= 15 is 0 Å². The molecule has 19 heavy (non-hydrogen) atoms. The van der Waals surface area contributed by atoms with Crippen molar-refractivity contribution in [2.45, 2.75) is 83.2 Å². The summed E-state index contributed by atoms with van der Waals surface area (Å²) in [6, 6.07) is 0. The van der Waals surface area contributed by atoms with E-state index in [1.807, 2.05) is 6.92 Å². The van der Waals surface area contributed by atoms with Crippen LogP contribution in [0.2, 0.25) is 0 Å². The molecule has 1 saturated heterocycles. The lowest BCUT2D eigenvalue weighted by Crippen LogP contribution is -2.34. The van der Waals surface area contributed by atoms with Gasteiger partial charge in [-0.3, -0.25) is 0 Å². The molecule has 0 aromatic heterocycles. The van der Waals surface area contributed by atoms with Gasteiger partial charge in [-0.2, -0.15) is 0 Å².